The van der Waals surface area contributed by atoms with Crippen LogP contribution in [0.25, 0.3) is 0 Å². The largest absolute Gasteiger partial charge is 0.416 e. The number of nitrogens with two attached hydrogens (primary N) is 2. The summed E-state index contributed by atoms with van der Waals surface area (Å²) >= 11 is 0. The molecular weight excluding hydrogens is 339 g/mol. The van der Waals surface area contributed by atoms with Gasteiger partial charge in [0.2, 0.25) is 11.8 Å². The highest BCUT2D eigenvalue weighted by atomic mass is 19.4. The highest BCUT2D eigenvalue weighted by Gasteiger charge is 2.40. The molecule has 1 unspecified atom stereocenters. The molecule has 1 aliphatic heterocycles. The van der Waals surface area contributed by atoms with E-state index in [2.05, 4.69) is 5.32 Å². The molecule has 1 saturated heterocycles. The third-order valence-electron chi connectivity index (χ3n) is 4.30. The van der Waals surface area contributed by atoms with Crippen molar-refractivity contribution in [3.05, 3.63) is 35.4 Å². The summed E-state index contributed by atoms with van der Waals surface area (Å²) in [7, 11) is 0. The third kappa shape index (κ3) is 4.10. The number of primary amides is 1. The Hall–Kier alpha value is -2.13. The van der Waals surface area contributed by atoms with Crippen molar-refractivity contribution in [2.24, 2.45) is 11.5 Å². The molecule has 1 aromatic rings. The molecule has 0 aromatic heterocycles. The van der Waals surface area contributed by atoms with Gasteiger partial charge < -0.3 is 21.5 Å². The van der Waals surface area contributed by atoms with E-state index in [0.29, 0.717) is 12.8 Å². The molecule has 138 valence electrons. The number of amides is 2. The molecule has 3 atom stereocenters. The van der Waals surface area contributed by atoms with Gasteiger partial charge in [0.05, 0.1) is 11.7 Å². The summed E-state index contributed by atoms with van der Waals surface area (Å²) < 4.78 is 44.2. The molecule has 2 rings (SSSR count). The summed E-state index contributed by atoms with van der Waals surface area (Å²) in [6, 6.07) is 4.13. The Kier molecular flexibility index (Phi) is 5.38. The van der Waals surface area contributed by atoms with Crippen LogP contribution < -0.4 is 16.8 Å². The molecule has 9 heteroatoms. The highest BCUT2D eigenvalue weighted by Crippen LogP contribution is 2.32. The van der Waals surface area contributed by atoms with E-state index in [9.17, 15) is 22.8 Å². The molecule has 1 aromatic carbocycles. The van der Waals surface area contributed by atoms with Gasteiger partial charge in [0.25, 0.3) is 0 Å². The van der Waals surface area contributed by atoms with E-state index in [1.54, 1.807) is 0 Å². The van der Waals surface area contributed by atoms with Crippen LogP contribution in [0.2, 0.25) is 0 Å². The quantitative estimate of drug-likeness (QED) is 0.730. The second-order valence-electron chi connectivity index (χ2n) is 6.12. The van der Waals surface area contributed by atoms with Gasteiger partial charge in [0.15, 0.2) is 0 Å². The van der Waals surface area contributed by atoms with Crippen molar-refractivity contribution in [2.45, 2.75) is 43.7 Å². The molecule has 0 saturated carbocycles. The molecule has 25 heavy (non-hydrogen) atoms. The number of hydrogen-bond acceptors (Lipinski definition) is 4. The van der Waals surface area contributed by atoms with Crippen LogP contribution in [0.15, 0.2) is 24.3 Å². The zero-order chi connectivity index (χ0) is 18.8. The van der Waals surface area contributed by atoms with Crippen molar-refractivity contribution >= 4 is 11.8 Å². The predicted octanol–water partition coefficient (Wildman–Crippen LogP) is 1.03. The van der Waals surface area contributed by atoms with Crippen LogP contribution in [0.3, 0.4) is 0 Å². The van der Waals surface area contributed by atoms with Crippen molar-refractivity contribution in [3.8, 4) is 0 Å². The van der Waals surface area contributed by atoms with Crippen molar-refractivity contribution in [2.75, 3.05) is 6.54 Å². The second-order valence-corrected chi connectivity index (χ2v) is 6.12. The first-order valence-electron chi connectivity index (χ1n) is 7.73. The predicted molar refractivity (Wildman–Crippen MR) is 83.1 cm³/mol. The number of rotatable bonds is 5. The van der Waals surface area contributed by atoms with Gasteiger partial charge in [-0.2, -0.15) is 13.2 Å². The van der Waals surface area contributed by atoms with E-state index in [-0.39, 0.29) is 18.2 Å². The summed E-state index contributed by atoms with van der Waals surface area (Å²) in [6.07, 6.45) is -4.67. The van der Waals surface area contributed by atoms with Gasteiger partial charge in [-0.15, -0.1) is 0 Å². The minimum Gasteiger partial charge on any atom is -0.367 e. The van der Waals surface area contributed by atoms with Crippen molar-refractivity contribution in [3.63, 3.8) is 0 Å². The molecule has 1 heterocycles. The number of carbonyl (C=O) groups is 2. The van der Waals surface area contributed by atoms with Crippen LogP contribution >= 0.6 is 0 Å². The molecule has 5 N–H and O–H groups in total. The average Bonchev–Trinajstić information content (AvgIpc) is 3.03. The van der Waals surface area contributed by atoms with E-state index >= 15 is 0 Å². The fourth-order valence-corrected chi connectivity index (χ4v) is 2.68. The van der Waals surface area contributed by atoms with Crippen LogP contribution in [0.1, 0.15) is 30.9 Å². The first-order valence-corrected chi connectivity index (χ1v) is 7.73. The lowest BCUT2D eigenvalue weighted by Gasteiger charge is -2.29. The fourth-order valence-electron chi connectivity index (χ4n) is 2.68. The summed E-state index contributed by atoms with van der Waals surface area (Å²) in [6.45, 7) is 1.52. The van der Waals surface area contributed by atoms with Crippen LogP contribution in [0, 0.1) is 0 Å². The molecule has 0 bridgehead atoms. The Balaban J connectivity index is 2.27. The number of hydrogen-bond donors (Lipinski definition) is 3. The molecule has 0 radical (unpaired) electrons. The SMILES string of the molecule is CC(NC(=O)[C@@H]1CC[C@H](CN)O1)(C(N)=O)c1cccc(C(F)(F)F)c1. The molecule has 1 aliphatic rings. The number of benzene rings is 1. The standard InChI is InChI=1S/C16H20F3N3O3/c1-15(14(21)24,9-3-2-4-10(7-9)16(17,18)19)22-13(23)12-6-5-11(8-20)25-12/h2-4,7,11-12H,5-6,8,20H2,1H3,(H2,21,24)(H,22,23)/t11-,12+,15?/m1/s1. The highest BCUT2D eigenvalue weighted by molar-refractivity contribution is 5.92. The molecule has 6 nitrogen and oxygen atoms in total. The molecule has 0 spiro atoms. The van der Waals surface area contributed by atoms with Crippen molar-refractivity contribution in [1.82, 2.24) is 5.32 Å². The van der Waals surface area contributed by atoms with Crippen molar-refractivity contribution in [1.29, 1.82) is 0 Å². The lowest BCUT2D eigenvalue weighted by Crippen LogP contribution is -2.55. The minimum absolute atomic E-state index is 0.0588. The molecular formula is C16H20F3N3O3. The van der Waals surface area contributed by atoms with E-state index in [0.717, 1.165) is 18.2 Å². The zero-order valence-corrected chi connectivity index (χ0v) is 13.6. The Bertz CT molecular complexity index is 666. The number of halogens is 3. The average molecular weight is 359 g/mol. The summed E-state index contributed by atoms with van der Waals surface area (Å²) in [4.78, 5) is 24.3. The van der Waals surface area contributed by atoms with Crippen LogP contribution in [0.4, 0.5) is 13.2 Å². The summed E-state index contributed by atoms with van der Waals surface area (Å²) in [5.41, 5.74) is 8.05. The maximum absolute atomic E-state index is 12.9. The number of nitrogens with one attached hydrogen (secondary N) is 1. The maximum atomic E-state index is 12.9. The minimum atomic E-state index is -4.58. The Labute approximate surface area is 142 Å². The number of ether oxygens (including phenoxy) is 1. The monoisotopic (exact) mass is 359 g/mol. The van der Waals surface area contributed by atoms with Gasteiger partial charge in [0.1, 0.15) is 11.6 Å². The number of carbonyl (C=O) groups excluding carboxylic acids is 2. The summed E-state index contributed by atoms with van der Waals surface area (Å²) in [5, 5.41) is 2.43. The smallest absolute Gasteiger partial charge is 0.367 e. The van der Waals surface area contributed by atoms with Gasteiger partial charge in [0, 0.05) is 6.54 Å². The topological polar surface area (TPSA) is 107 Å². The maximum Gasteiger partial charge on any atom is 0.416 e. The van der Waals surface area contributed by atoms with Gasteiger partial charge in [-0.1, -0.05) is 12.1 Å². The Morgan fingerprint density at radius 2 is 1.92 bits per heavy atom. The van der Waals surface area contributed by atoms with E-state index in [1.807, 2.05) is 0 Å². The molecule has 0 aliphatic carbocycles. The Morgan fingerprint density at radius 1 is 1.28 bits per heavy atom. The van der Waals surface area contributed by atoms with Crippen molar-refractivity contribution < 1.29 is 27.5 Å². The Morgan fingerprint density at radius 3 is 2.44 bits per heavy atom. The third-order valence-corrected chi connectivity index (χ3v) is 4.30. The lowest BCUT2D eigenvalue weighted by atomic mass is 9.89. The lowest BCUT2D eigenvalue weighted by molar-refractivity contribution is -0.139. The van der Waals surface area contributed by atoms with Gasteiger partial charge in [-0.25, -0.2) is 0 Å². The number of alkyl halides is 3. The van der Waals surface area contributed by atoms with Crippen LogP contribution in [0.5, 0.6) is 0 Å². The normalized spacial score (nSPS) is 23.1. The second kappa shape index (κ2) is 7.01. The first-order chi connectivity index (χ1) is 11.6. The van der Waals surface area contributed by atoms with Gasteiger partial charge in [-0.3, -0.25) is 9.59 Å². The van der Waals surface area contributed by atoms with Crippen LogP contribution in [-0.4, -0.2) is 30.6 Å². The fraction of sp³-hybridized carbons (Fsp3) is 0.500. The van der Waals surface area contributed by atoms with Gasteiger partial charge in [-0.05, 0) is 37.5 Å². The summed E-state index contributed by atoms with van der Waals surface area (Å²) in [5.74, 6) is -1.59. The molecule has 2 amide bonds. The van der Waals surface area contributed by atoms with Crippen LogP contribution in [-0.2, 0) is 26.0 Å². The first kappa shape index (κ1) is 19.2. The van der Waals surface area contributed by atoms with E-state index < -0.39 is 35.2 Å². The van der Waals surface area contributed by atoms with Gasteiger partial charge >= 0.3 is 6.18 Å². The van der Waals surface area contributed by atoms with E-state index in [1.165, 1.54) is 13.0 Å². The molecule has 1 fully saturated rings. The van der Waals surface area contributed by atoms with E-state index in [4.69, 9.17) is 16.2 Å². The zero-order valence-electron chi connectivity index (χ0n) is 13.6.